The molecule has 4 saturated heterocycles. The predicted molar refractivity (Wildman–Crippen MR) is 270 cm³/mol. The van der Waals surface area contributed by atoms with Crippen LogP contribution in [0.3, 0.4) is 0 Å². The number of carboxylic acids is 4. The Morgan fingerprint density at radius 2 is 0.809 bits per heavy atom. The van der Waals surface area contributed by atoms with Crippen LogP contribution in [0.1, 0.15) is 214 Å². The molecule has 4 rings (SSSR count). The van der Waals surface area contributed by atoms with Crippen LogP contribution in [0.4, 0.5) is 0 Å². The summed E-state index contributed by atoms with van der Waals surface area (Å²) in [7, 11) is 0. The minimum Gasteiger partial charge on any atom is -0.550 e. The highest BCUT2D eigenvalue weighted by Crippen LogP contribution is 2.54. The number of aliphatic carboxylic acids is 4. The first-order valence-corrected chi connectivity index (χ1v) is 26.5. The molecule has 14 nitrogen and oxygen atoms in total. The summed E-state index contributed by atoms with van der Waals surface area (Å²) in [6, 6.07) is 1.26. The van der Waals surface area contributed by atoms with Crippen LogP contribution >= 0.6 is 0 Å². The van der Waals surface area contributed by atoms with Crippen molar-refractivity contribution in [3.8, 4) is 0 Å². The van der Waals surface area contributed by atoms with Crippen molar-refractivity contribution in [2.24, 2.45) is 0 Å². The van der Waals surface area contributed by atoms with E-state index in [4.69, 9.17) is 0 Å². The lowest BCUT2D eigenvalue weighted by Gasteiger charge is -2.68. The summed E-state index contributed by atoms with van der Waals surface area (Å²) >= 11 is 0. The van der Waals surface area contributed by atoms with Crippen molar-refractivity contribution in [3.63, 3.8) is 0 Å². The number of likely N-dealkylation sites (tertiary alicyclic amines) is 3. The molecule has 1 unspecified atom stereocenters. The second-order valence-electron chi connectivity index (χ2n) is 27.3. The molecule has 4 aliphatic heterocycles. The van der Waals surface area contributed by atoms with E-state index in [1.165, 1.54) is 0 Å². The zero-order valence-electron chi connectivity index (χ0n) is 46.0. The number of nitrogens with zero attached hydrogens (tertiary/aromatic N) is 5. The van der Waals surface area contributed by atoms with Gasteiger partial charge in [0.05, 0.1) is 44.9 Å². The molecule has 0 saturated carbocycles. The topological polar surface area (TPSA) is 177 Å². The van der Waals surface area contributed by atoms with E-state index >= 15 is 0 Å². The van der Waals surface area contributed by atoms with Crippen molar-refractivity contribution < 1.29 is 44.1 Å². The van der Waals surface area contributed by atoms with Crippen LogP contribution in [0.2, 0.25) is 0 Å². The van der Waals surface area contributed by atoms with Crippen LogP contribution in [0, 0.1) is 0 Å². The van der Waals surface area contributed by atoms with Gasteiger partial charge in [0.25, 0.3) is 0 Å². The molecule has 4 heterocycles. The molecule has 0 spiro atoms. The fraction of sp³-hybridized carbons (Fsp3) is 0.926. The highest BCUT2D eigenvalue weighted by Gasteiger charge is 2.60. The van der Waals surface area contributed by atoms with Gasteiger partial charge in [0.1, 0.15) is 0 Å². The largest absolute Gasteiger partial charge is 0.550 e. The van der Waals surface area contributed by atoms with Crippen LogP contribution in [-0.2, 0) is 19.2 Å². The number of carboxylic acid groups (broad SMARTS) is 4. The third-order valence-electron chi connectivity index (χ3n) is 17.0. The minimum atomic E-state index is -1.12. The fourth-order valence-corrected chi connectivity index (χ4v) is 16.4. The first-order valence-electron chi connectivity index (χ1n) is 26.5. The van der Waals surface area contributed by atoms with Crippen LogP contribution in [0.25, 0.3) is 0 Å². The molecule has 0 aromatic rings. The Hall–Kier alpha value is -2.36. The van der Waals surface area contributed by atoms with Gasteiger partial charge in [0.2, 0.25) is 0 Å². The zero-order chi connectivity index (χ0) is 51.7. The van der Waals surface area contributed by atoms with Gasteiger partial charge in [-0.05, 0) is 175 Å². The maximum atomic E-state index is 12.3. The number of quaternary nitrogens is 1. The van der Waals surface area contributed by atoms with E-state index in [1.54, 1.807) is 0 Å². The number of piperidine rings is 4. The number of nitrogens with one attached hydrogen (secondary N) is 1. The molecular weight excluding hydrogens is 861 g/mol. The number of carbonyl (C=O) groups is 4. The summed E-state index contributed by atoms with van der Waals surface area (Å²) in [5, 5.41) is 44.6. The Labute approximate surface area is 412 Å². The van der Waals surface area contributed by atoms with E-state index in [-0.39, 0.29) is 76.0 Å². The number of carbonyl (C=O) groups excluding carboxylic acids is 1. The Balaban J connectivity index is 1.56. The van der Waals surface area contributed by atoms with Crippen LogP contribution in [0.15, 0.2) is 0 Å². The van der Waals surface area contributed by atoms with Gasteiger partial charge >= 0.3 is 17.9 Å². The fourth-order valence-electron chi connectivity index (χ4n) is 16.4. The lowest BCUT2D eigenvalue weighted by Crippen LogP contribution is -2.76. The number of hydrogen-bond acceptors (Lipinski definition) is 10. The van der Waals surface area contributed by atoms with Gasteiger partial charge in [0.15, 0.2) is 0 Å². The smallest absolute Gasteiger partial charge is 0.309 e. The van der Waals surface area contributed by atoms with Crippen molar-refractivity contribution in [2.75, 3.05) is 39.3 Å². The highest BCUT2D eigenvalue weighted by atomic mass is 16.4. The molecular formula is C54H100N6O8. The second-order valence-corrected chi connectivity index (χ2v) is 27.3. The molecule has 0 aromatic heterocycles. The van der Waals surface area contributed by atoms with E-state index < -0.39 is 23.9 Å². The second kappa shape index (κ2) is 21.4. The van der Waals surface area contributed by atoms with Gasteiger partial charge in [-0.3, -0.25) is 29.1 Å². The Bertz CT molecular complexity index is 1650. The molecule has 0 bridgehead atoms. The van der Waals surface area contributed by atoms with E-state index in [9.17, 15) is 39.6 Å². The average Bonchev–Trinajstić information content (AvgIpc) is 3.09. The summed E-state index contributed by atoms with van der Waals surface area (Å²) in [6.45, 7) is 41.4. The molecule has 4 fully saturated rings. The van der Waals surface area contributed by atoms with E-state index in [0.29, 0.717) is 61.9 Å². The van der Waals surface area contributed by atoms with E-state index in [2.05, 4.69) is 131 Å². The zero-order valence-corrected chi connectivity index (χ0v) is 46.0. The van der Waals surface area contributed by atoms with E-state index in [1.807, 2.05) is 4.90 Å². The summed E-state index contributed by atoms with van der Waals surface area (Å²) in [5.41, 5.74) is -0.565. The van der Waals surface area contributed by atoms with Gasteiger partial charge in [-0.15, -0.1) is 0 Å². The highest BCUT2D eigenvalue weighted by molar-refractivity contribution is 5.67. The number of rotatable bonds is 23. The number of hydrogen-bond donors (Lipinski definition) is 4. The molecule has 0 aliphatic carbocycles. The maximum Gasteiger partial charge on any atom is 0.309 e. The van der Waals surface area contributed by atoms with Crippen molar-refractivity contribution >= 4 is 23.9 Å². The minimum absolute atomic E-state index is 0.00535. The van der Waals surface area contributed by atoms with Crippen molar-refractivity contribution in [2.45, 2.75) is 282 Å². The maximum absolute atomic E-state index is 12.3. The number of unbranched alkanes of at least 4 members (excludes halogenated alkanes) is 3. The summed E-state index contributed by atoms with van der Waals surface area (Å²) in [4.78, 5) is 57.5. The first kappa shape index (κ1) is 58.2. The Kier molecular flexibility index (Phi) is 18.3. The van der Waals surface area contributed by atoms with Gasteiger partial charge in [-0.1, -0.05) is 6.42 Å². The lowest BCUT2D eigenvalue weighted by molar-refractivity contribution is -0.953. The van der Waals surface area contributed by atoms with Gasteiger partial charge < -0.3 is 39.9 Å². The van der Waals surface area contributed by atoms with Crippen molar-refractivity contribution in [3.05, 3.63) is 0 Å². The van der Waals surface area contributed by atoms with Crippen molar-refractivity contribution in [1.29, 1.82) is 0 Å². The third-order valence-corrected chi connectivity index (χ3v) is 17.0. The molecule has 14 heteroatoms. The predicted octanol–water partition coefficient (Wildman–Crippen LogP) is 7.60. The van der Waals surface area contributed by atoms with Gasteiger partial charge in [-0.25, -0.2) is 0 Å². The molecule has 0 amide bonds. The monoisotopic (exact) mass is 961 g/mol. The van der Waals surface area contributed by atoms with Crippen LogP contribution in [0.5, 0.6) is 0 Å². The molecule has 394 valence electrons. The quantitative estimate of drug-likeness (QED) is 0.0582. The van der Waals surface area contributed by atoms with Gasteiger partial charge in [0, 0.05) is 101 Å². The molecule has 0 radical (unpaired) electrons. The Morgan fingerprint density at radius 1 is 0.471 bits per heavy atom. The molecule has 68 heavy (non-hydrogen) atoms. The SMILES string of the molecule is CC1(C)CC(N2C(C)(C)CC(N3C(C)(C)CC(N4C(C)(C)CC([N+](CCCCCCN(CCC(=O)O)CCC(=O)O)(CCC(=O)[O-])CCC(=O)O)CC4(C)C)CC3(C)C)CC2(C)C)CC(C)(C)N1. The molecule has 1 atom stereocenters. The molecule has 4 aliphatic rings. The van der Waals surface area contributed by atoms with Crippen molar-refractivity contribution in [1.82, 2.24) is 24.9 Å². The molecule has 4 N–H and O–H groups in total. The average molecular weight is 961 g/mol. The lowest BCUT2D eigenvalue weighted by atomic mass is 9.66. The normalized spacial score (nSPS) is 26.3. The summed E-state index contributed by atoms with van der Waals surface area (Å²) in [6.07, 6.45) is 11.2. The Morgan fingerprint density at radius 3 is 1.18 bits per heavy atom. The summed E-state index contributed by atoms with van der Waals surface area (Å²) < 4.78 is 0.427. The van der Waals surface area contributed by atoms with Crippen LogP contribution < -0.4 is 10.4 Å². The first-order chi connectivity index (χ1) is 30.9. The van der Waals surface area contributed by atoms with Crippen LogP contribution in [-0.4, -0.2) is 171 Å². The molecule has 0 aromatic carbocycles. The standard InChI is InChI=1S/C54H100N6O8/c1-47(2)31-39(32-48(3,4)55-47)57-49(5,6)33-40(34-50(57,7)8)58-51(9,10)35-41(36-52(58,11)12)59-53(13,14)37-42(38-54(59,15)16)60(29-23-45(65)66,30-24-46(67)68)28-20-18-17-19-25-56(26-21-43(61)62)27-22-44(63)64/h39-42,55H,17-38H2,1-16H3,(H3-,61,62,63,64,65,66,67,68). The van der Waals surface area contributed by atoms with E-state index in [0.717, 1.165) is 77.0 Å². The summed E-state index contributed by atoms with van der Waals surface area (Å²) in [5.74, 6) is -3.82. The third kappa shape index (κ3) is 14.9. The van der Waals surface area contributed by atoms with Gasteiger partial charge in [-0.2, -0.15) is 0 Å².